The molecule has 1 unspecified atom stereocenters. The molecule has 1 heterocycles. The molecule has 0 saturated carbocycles. The maximum atomic E-state index is 11.8. The lowest BCUT2D eigenvalue weighted by Crippen LogP contribution is -2.17. The Hall–Kier alpha value is -1.49. The minimum atomic E-state index is -0.407. The lowest BCUT2D eigenvalue weighted by Gasteiger charge is -2.13. The monoisotopic (exact) mass is 240 g/mol. The van der Waals surface area contributed by atoms with Gasteiger partial charge in [0.1, 0.15) is 5.69 Å². The van der Waals surface area contributed by atoms with Crippen molar-refractivity contribution in [3.63, 3.8) is 0 Å². The van der Waals surface area contributed by atoms with Crippen LogP contribution in [0.4, 0.5) is 5.69 Å². The van der Waals surface area contributed by atoms with Gasteiger partial charge in [-0.1, -0.05) is 6.92 Å². The molecule has 3 N–H and O–H groups in total. The highest BCUT2D eigenvalue weighted by Gasteiger charge is 2.16. The molecule has 1 aromatic heterocycles. The van der Waals surface area contributed by atoms with E-state index in [2.05, 4.69) is 0 Å². The Balaban J connectivity index is 2.74. The van der Waals surface area contributed by atoms with E-state index >= 15 is 0 Å². The second kappa shape index (κ2) is 5.72. The van der Waals surface area contributed by atoms with E-state index in [1.165, 1.54) is 0 Å². The summed E-state index contributed by atoms with van der Waals surface area (Å²) in [5, 5.41) is 8.85. The van der Waals surface area contributed by atoms with Gasteiger partial charge in [-0.25, -0.2) is 4.79 Å². The molecule has 0 bridgehead atoms. The predicted molar refractivity (Wildman–Crippen MR) is 65.8 cm³/mol. The molecule has 0 aliphatic carbocycles. The van der Waals surface area contributed by atoms with Gasteiger partial charge >= 0.3 is 5.97 Å². The Kier molecular flexibility index (Phi) is 4.57. The van der Waals surface area contributed by atoms with E-state index in [0.717, 1.165) is 0 Å². The largest absolute Gasteiger partial charge is 0.461 e. The third-order valence-electron chi connectivity index (χ3n) is 2.45. The van der Waals surface area contributed by atoms with Crippen LogP contribution in [0.3, 0.4) is 0 Å². The predicted octanol–water partition coefficient (Wildman–Crippen LogP) is 1.44. The fraction of sp³-hybridized carbons (Fsp3) is 0.583. The highest BCUT2D eigenvalue weighted by Crippen LogP contribution is 2.17. The number of esters is 1. The van der Waals surface area contributed by atoms with E-state index in [4.69, 9.17) is 15.6 Å². The molecule has 5 heteroatoms. The van der Waals surface area contributed by atoms with Gasteiger partial charge in [0.15, 0.2) is 0 Å². The number of nitrogens with two attached hydrogens (primary N) is 1. The summed E-state index contributed by atoms with van der Waals surface area (Å²) in [4.78, 5) is 11.8. The Morgan fingerprint density at radius 2 is 2.18 bits per heavy atom. The summed E-state index contributed by atoms with van der Waals surface area (Å²) in [7, 11) is 0. The normalized spacial score (nSPS) is 12.8. The first-order valence-corrected chi connectivity index (χ1v) is 5.71. The van der Waals surface area contributed by atoms with Crippen molar-refractivity contribution in [2.75, 3.05) is 18.9 Å². The number of aliphatic hydroxyl groups is 1. The molecule has 0 amide bonds. The number of ether oxygens (including phenoxy) is 1. The molecule has 0 aliphatic heterocycles. The maximum Gasteiger partial charge on any atom is 0.355 e. The van der Waals surface area contributed by atoms with Gasteiger partial charge < -0.3 is 20.1 Å². The van der Waals surface area contributed by atoms with Gasteiger partial charge in [0.25, 0.3) is 0 Å². The molecule has 0 fully saturated rings. The molecule has 0 saturated heterocycles. The van der Waals surface area contributed by atoms with Crippen molar-refractivity contribution >= 4 is 11.7 Å². The number of carbonyl (C=O) groups is 1. The van der Waals surface area contributed by atoms with Gasteiger partial charge in [-0.2, -0.15) is 0 Å². The molecular formula is C12H20N2O3. The highest BCUT2D eigenvalue weighted by atomic mass is 16.5. The van der Waals surface area contributed by atoms with E-state index < -0.39 is 5.97 Å². The van der Waals surface area contributed by atoms with Gasteiger partial charge in [-0.05, 0) is 19.9 Å². The lowest BCUT2D eigenvalue weighted by molar-refractivity contribution is 0.0391. The summed E-state index contributed by atoms with van der Waals surface area (Å²) in [6.07, 6.45) is 1.72. The minimum absolute atomic E-state index is 0.000606. The van der Waals surface area contributed by atoms with E-state index in [9.17, 15) is 4.79 Å². The summed E-state index contributed by atoms with van der Waals surface area (Å²) in [6, 6.07) is 1.75. The molecule has 0 aliphatic rings. The first kappa shape index (κ1) is 13.6. The van der Waals surface area contributed by atoms with Crippen molar-refractivity contribution in [3.8, 4) is 0 Å². The third kappa shape index (κ3) is 3.49. The van der Waals surface area contributed by atoms with Crippen LogP contribution in [0.2, 0.25) is 0 Å². The van der Waals surface area contributed by atoms with Crippen molar-refractivity contribution in [2.45, 2.75) is 26.8 Å². The standard InChI is InChI=1S/C12H20N2O3/c1-8(2)14-5-10(13)4-11(14)12(16)17-7-9(3)6-15/h4-5,8-9,15H,6-7,13H2,1-3H3. The van der Waals surface area contributed by atoms with Crippen LogP contribution in [0.1, 0.15) is 37.3 Å². The molecule has 1 rings (SSSR count). The quantitative estimate of drug-likeness (QED) is 0.763. The van der Waals surface area contributed by atoms with Gasteiger partial charge in [-0.3, -0.25) is 0 Å². The van der Waals surface area contributed by atoms with Crippen molar-refractivity contribution in [2.24, 2.45) is 5.92 Å². The van der Waals surface area contributed by atoms with E-state index in [0.29, 0.717) is 11.4 Å². The van der Waals surface area contributed by atoms with Crippen molar-refractivity contribution < 1.29 is 14.6 Å². The molecule has 0 spiro atoms. The number of hydrogen-bond acceptors (Lipinski definition) is 4. The first-order chi connectivity index (χ1) is 7.95. The van der Waals surface area contributed by atoms with Crippen molar-refractivity contribution in [1.29, 1.82) is 0 Å². The van der Waals surface area contributed by atoms with Crippen LogP contribution in [-0.2, 0) is 4.74 Å². The Labute approximate surface area is 101 Å². The topological polar surface area (TPSA) is 77.5 Å². The van der Waals surface area contributed by atoms with Crippen molar-refractivity contribution in [1.82, 2.24) is 4.57 Å². The third-order valence-corrected chi connectivity index (χ3v) is 2.45. The van der Waals surface area contributed by atoms with E-state index in [-0.39, 0.29) is 25.2 Å². The number of aromatic nitrogens is 1. The average Bonchev–Trinajstić information content (AvgIpc) is 2.67. The first-order valence-electron chi connectivity index (χ1n) is 5.71. The van der Waals surface area contributed by atoms with Crippen LogP contribution in [0.15, 0.2) is 12.3 Å². The fourth-order valence-electron chi connectivity index (χ4n) is 1.44. The van der Waals surface area contributed by atoms with Crippen LogP contribution < -0.4 is 5.73 Å². The molecule has 5 nitrogen and oxygen atoms in total. The van der Waals surface area contributed by atoms with Crippen LogP contribution in [0, 0.1) is 5.92 Å². The number of nitrogen functional groups attached to an aromatic ring is 1. The fourth-order valence-corrected chi connectivity index (χ4v) is 1.44. The smallest absolute Gasteiger partial charge is 0.355 e. The Morgan fingerprint density at radius 3 is 2.71 bits per heavy atom. The summed E-state index contributed by atoms with van der Waals surface area (Å²) < 4.78 is 6.89. The van der Waals surface area contributed by atoms with Gasteiger partial charge in [0.05, 0.1) is 12.3 Å². The maximum absolute atomic E-state index is 11.8. The summed E-state index contributed by atoms with van der Waals surface area (Å²) in [5.74, 6) is -0.463. The second-order valence-electron chi connectivity index (χ2n) is 4.55. The van der Waals surface area contributed by atoms with Gasteiger partial charge in [-0.15, -0.1) is 0 Å². The molecule has 0 aromatic carbocycles. The lowest BCUT2D eigenvalue weighted by atomic mass is 10.2. The molecule has 1 atom stereocenters. The van der Waals surface area contributed by atoms with Crippen LogP contribution in [0.25, 0.3) is 0 Å². The zero-order chi connectivity index (χ0) is 13.0. The van der Waals surface area contributed by atoms with E-state index in [1.807, 2.05) is 20.8 Å². The SMILES string of the molecule is CC(CO)COC(=O)c1cc(N)cn1C(C)C. The summed E-state index contributed by atoms with van der Waals surface area (Å²) in [6.45, 7) is 5.95. The number of aliphatic hydroxyl groups excluding tert-OH is 1. The van der Waals surface area contributed by atoms with Crippen LogP contribution >= 0.6 is 0 Å². The van der Waals surface area contributed by atoms with Crippen LogP contribution in [-0.4, -0.2) is 28.9 Å². The minimum Gasteiger partial charge on any atom is -0.461 e. The van der Waals surface area contributed by atoms with Gasteiger partial charge in [0, 0.05) is 24.8 Å². The molecule has 0 radical (unpaired) electrons. The molecule has 96 valence electrons. The Morgan fingerprint density at radius 1 is 1.53 bits per heavy atom. The average molecular weight is 240 g/mol. The van der Waals surface area contributed by atoms with Gasteiger partial charge in [0.2, 0.25) is 0 Å². The zero-order valence-electron chi connectivity index (χ0n) is 10.5. The van der Waals surface area contributed by atoms with Crippen molar-refractivity contribution in [3.05, 3.63) is 18.0 Å². The number of rotatable bonds is 5. The molecular weight excluding hydrogens is 220 g/mol. The summed E-state index contributed by atoms with van der Waals surface area (Å²) >= 11 is 0. The molecule has 17 heavy (non-hydrogen) atoms. The number of nitrogens with zero attached hydrogens (tertiary/aromatic N) is 1. The molecule has 1 aromatic rings. The van der Waals surface area contributed by atoms with Crippen LogP contribution in [0.5, 0.6) is 0 Å². The second-order valence-corrected chi connectivity index (χ2v) is 4.55. The number of hydrogen-bond donors (Lipinski definition) is 2. The van der Waals surface area contributed by atoms with E-state index in [1.54, 1.807) is 16.8 Å². The zero-order valence-corrected chi connectivity index (χ0v) is 10.5. The highest BCUT2D eigenvalue weighted by molar-refractivity contribution is 5.89. The summed E-state index contributed by atoms with van der Waals surface area (Å²) in [5.41, 5.74) is 6.66. The Bertz CT molecular complexity index is 385. The number of carbonyl (C=O) groups excluding carboxylic acids is 1. The number of anilines is 1.